The van der Waals surface area contributed by atoms with Gasteiger partial charge >= 0.3 is 5.97 Å². The van der Waals surface area contributed by atoms with Crippen molar-refractivity contribution < 1.29 is 18.3 Å². The Morgan fingerprint density at radius 3 is 2.35 bits per heavy atom. The van der Waals surface area contributed by atoms with Crippen molar-refractivity contribution in [3.05, 3.63) is 30.3 Å². The minimum Gasteiger partial charge on any atom is -0.481 e. The summed E-state index contributed by atoms with van der Waals surface area (Å²) >= 11 is 0. The normalized spacial score (nSPS) is 18.0. The molecule has 5 nitrogen and oxygen atoms in total. The summed E-state index contributed by atoms with van der Waals surface area (Å²) in [5.41, 5.74) is 0. The second-order valence-electron chi connectivity index (χ2n) is 5.09. The molecule has 0 bridgehead atoms. The van der Waals surface area contributed by atoms with E-state index in [1.807, 2.05) is 0 Å². The first-order valence-electron chi connectivity index (χ1n) is 6.77. The maximum Gasteiger partial charge on any atom is 0.303 e. The number of aliphatic carboxylic acids is 1. The van der Waals surface area contributed by atoms with Crippen LogP contribution in [0.5, 0.6) is 0 Å². The Balaban J connectivity index is 1.95. The largest absolute Gasteiger partial charge is 0.481 e. The highest BCUT2D eigenvalue weighted by molar-refractivity contribution is 7.89. The van der Waals surface area contributed by atoms with Crippen LogP contribution in [0.25, 0.3) is 0 Å². The molecule has 0 radical (unpaired) electrons. The fraction of sp³-hybridized carbons (Fsp3) is 0.500. The molecule has 0 atom stereocenters. The number of carbonyl (C=O) groups is 1. The summed E-state index contributed by atoms with van der Waals surface area (Å²) in [6.45, 7) is 0.947. The van der Waals surface area contributed by atoms with Gasteiger partial charge in [0.1, 0.15) is 0 Å². The first-order chi connectivity index (χ1) is 9.50. The van der Waals surface area contributed by atoms with E-state index in [4.69, 9.17) is 5.11 Å². The van der Waals surface area contributed by atoms with Crippen molar-refractivity contribution in [2.24, 2.45) is 5.92 Å². The van der Waals surface area contributed by atoms with Crippen molar-refractivity contribution in [3.8, 4) is 0 Å². The SMILES string of the molecule is O=C(O)CCC1CCN(S(=O)(=O)c2ccccc2)CC1. The lowest BCUT2D eigenvalue weighted by molar-refractivity contribution is -0.137. The highest BCUT2D eigenvalue weighted by Crippen LogP contribution is 2.26. The molecule has 1 aromatic carbocycles. The number of hydrogen-bond donors (Lipinski definition) is 1. The van der Waals surface area contributed by atoms with Crippen molar-refractivity contribution in [2.75, 3.05) is 13.1 Å². The van der Waals surface area contributed by atoms with Gasteiger partial charge in [-0.1, -0.05) is 18.2 Å². The van der Waals surface area contributed by atoms with Crippen molar-refractivity contribution >= 4 is 16.0 Å². The molecule has 0 spiro atoms. The van der Waals surface area contributed by atoms with Gasteiger partial charge in [-0.05, 0) is 37.3 Å². The van der Waals surface area contributed by atoms with E-state index in [0.29, 0.717) is 30.3 Å². The Hall–Kier alpha value is -1.40. The predicted octanol–water partition coefficient (Wildman–Crippen LogP) is 1.95. The Morgan fingerprint density at radius 1 is 1.20 bits per heavy atom. The number of sulfonamides is 1. The van der Waals surface area contributed by atoms with Crippen LogP contribution in [0, 0.1) is 5.92 Å². The number of hydrogen-bond acceptors (Lipinski definition) is 3. The van der Waals surface area contributed by atoms with E-state index in [1.54, 1.807) is 30.3 Å². The molecule has 0 amide bonds. The number of nitrogens with zero attached hydrogens (tertiary/aromatic N) is 1. The summed E-state index contributed by atoms with van der Waals surface area (Å²) in [6.07, 6.45) is 2.27. The first-order valence-corrected chi connectivity index (χ1v) is 8.21. The zero-order valence-corrected chi connectivity index (χ0v) is 12.1. The average Bonchev–Trinajstić information content (AvgIpc) is 2.46. The van der Waals surface area contributed by atoms with E-state index in [9.17, 15) is 13.2 Å². The van der Waals surface area contributed by atoms with E-state index in [0.717, 1.165) is 12.8 Å². The molecule has 1 heterocycles. The third kappa shape index (κ3) is 3.58. The van der Waals surface area contributed by atoms with Crippen LogP contribution in [0.15, 0.2) is 35.2 Å². The smallest absolute Gasteiger partial charge is 0.303 e. The predicted molar refractivity (Wildman–Crippen MR) is 74.8 cm³/mol. The van der Waals surface area contributed by atoms with Crippen LogP contribution in [-0.4, -0.2) is 36.9 Å². The molecular formula is C14H19NO4S. The summed E-state index contributed by atoms with van der Waals surface area (Å²) in [4.78, 5) is 10.9. The monoisotopic (exact) mass is 297 g/mol. The maximum absolute atomic E-state index is 12.4. The van der Waals surface area contributed by atoms with Crippen LogP contribution in [0.3, 0.4) is 0 Å². The summed E-state index contributed by atoms with van der Waals surface area (Å²) in [7, 11) is -3.40. The minimum atomic E-state index is -3.40. The van der Waals surface area contributed by atoms with Crippen molar-refractivity contribution in [3.63, 3.8) is 0 Å². The minimum absolute atomic E-state index is 0.163. The Morgan fingerprint density at radius 2 is 1.80 bits per heavy atom. The number of carboxylic acids is 1. The van der Waals surface area contributed by atoms with Crippen LogP contribution in [0.4, 0.5) is 0 Å². The van der Waals surface area contributed by atoms with E-state index in [1.165, 1.54) is 4.31 Å². The van der Waals surface area contributed by atoms with Crippen LogP contribution in [-0.2, 0) is 14.8 Å². The second kappa shape index (κ2) is 6.37. The Kier molecular flexibility index (Phi) is 4.77. The van der Waals surface area contributed by atoms with Crippen molar-refractivity contribution in [1.29, 1.82) is 0 Å². The van der Waals surface area contributed by atoms with Crippen LogP contribution in [0.1, 0.15) is 25.7 Å². The van der Waals surface area contributed by atoms with Gasteiger partial charge in [-0.3, -0.25) is 4.79 Å². The fourth-order valence-corrected chi connectivity index (χ4v) is 4.00. The lowest BCUT2D eigenvalue weighted by Gasteiger charge is -2.31. The molecule has 0 saturated carbocycles. The second-order valence-corrected chi connectivity index (χ2v) is 7.03. The topological polar surface area (TPSA) is 74.7 Å². The van der Waals surface area contributed by atoms with Gasteiger partial charge in [-0.25, -0.2) is 8.42 Å². The zero-order chi connectivity index (χ0) is 14.6. The van der Waals surface area contributed by atoms with E-state index < -0.39 is 16.0 Å². The van der Waals surface area contributed by atoms with Gasteiger partial charge in [0.25, 0.3) is 0 Å². The number of carboxylic acid groups (broad SMARTS) is 1. The lowest BCUT2D eigenvalue weighted by Crippen LogP contribution is -2.38. The molecule has 0 aromatic heterocycles. The molecule has 20 heavy (non-hydrogen) atoms. The maximum atomic E-state index is 12.4. The molecule has 1 aliphatic heterocycles. The van der Waals surface area contributed by atoms with E-state index in [2.05, 4.69) is 0 Å². The molecule has 1 saturated heterocycles. The van der Waals surface area contributed by atoms with Gasteiger partial charge in [-0.15, -0.1) is 0 Å². The molecule has 1 N–H and O–H groups in total. The number of piperidine rings is 1. The first kappa shape index (κ1) is 15.0. The standard InChI is InChI=1S/C14H19NO4S/c16-14(17)7-6-12-8-10-15(11-9-12)20(18,19)13-4-2-1-3-5-13/h1-5,12H,6-11H2,(H,16,17). The van der Waals surface area contributed by atoms with Gasteiger partial charge in [-0.2, -0.15) is 4.31 Å². The third-order valence-electron chi connectivity index (χ3n) is 3.72. The summed E-state index contributed by atoms with van der Waals surface area (Å²) in [5.74, 6) is -0.474. The summed E-state index contributed by atoms with van der Waals surface area (Å²) < 4.78 is 26.3. The molecule has 0 aliphatic carbocycles. The van der Waals surface area contributed by atoms with Crippen LogP contribution < -0.4 is 0 Å². The lowest BCUT2D eigenvalue weighted by atomic mass is 9.93. The average molecular weight is 297 g/mol. The fourth-order valence-electron chi connectivity index (χ4n) is 2.51. The van der Waals surface area contributed by atoms with Crippen molar-refractivity contribution in [2.45, 2.75) is 30.6 Å². The van der Waals surface area contributed by atoms with Gasteiger partial charge in [0, 0.05) is 19.5 Å². The molecule has 2 rings (SSSR count). The molecule has 1 fully saturated rings. The van der Waals surface area contributed by atoms with E-state index in [-0.39, 0.29) is 6.42 Å². The molecule has 1 aliphatic rings. The summed E-state index contributed by atoms with van der Waals surface area (Å²) in [6, 6.07) is 8.42. The highest BCUT2D eigenvalue weighted by atomic mass is 32.2. The Labute approximate surface area is 119 Å². The van der Waals surface area contributed by atoms with Crippen LogP contribution >= 0.6 is 0 Å². The molecule has 0 unspecified atom stereocenters. The summed E-state index contributed by atoms with van der Waals surface area (Å²) in [5, 5.41) is 8.67. The van der Waals surface area contributed by atoms with Gasteiger partial charge < -0.3 is 5.11 Å². The molecular weight excluding hydrogens is 278 g/mol. The number of rotatable bonds is 5. The van der Waals surface area contributed by atoms with Crippen LogP contribution in [0.2, 0.25) is 0 Å². The van der Waals surface area contributed by atoms with Gasteiger partial charge in [0.2, 0.25) is 10.0 Å². The molecule has 110 valence electrons. The molecule has 6 heteroatoms. The van der Waals surface area contributed by atoms with E-state index >= 15 is 0 Å². The van der Waals surface area contributed by atoms with Gasteiger partial charge in [0.05, 0.1) is 4.90 Å². The number of benzene rings is 1. The Bertz CT molecular complexity index is 548. The quantitative estimate of drug-likeness (QED) is 0.901. The van der Waals surface area contributed by atoms with Gasteiger partial charge in [0.15, 0.2) is 0 Å². The zero-order valence-electron chi connectivity index (χ0n) is 11.2. The van der Waals surface area contributed by atoms with Crippen molar-refractivity contribution in [1.82, 2.24) is 4.31 Å². The third-order valence-corrected chi connectivity index (χ3v) is 5.63. The highest BCUT2D eigenvalue weighted by Gasteiger charge is 2.29. The molecule has 1 aromatic rings.